The number of nitrogens with one attached hydrogen (secondary N) is 3. The van der Waals surface area contributed by atoms with E-state index in [4.69, 9.17) is 0 Å². The Morgan fingerprint density at radius 1 is 1.29 bits per heavy atom. The molecule has 1 aromatic carbocycles. The molecule has 0 aliphatic heterocycles. The molecule has 5 nitrogen and oxygen atoms in total. The number of carbonyl (C=O) groups excluding carboxylic acids is 2. The van der Waals surface area contributed by atoms with Crippen LogP contribution >= 0.6 is 0 Å². The minimum absolute atomic E-state index is 0.539. The lowest BCUT2D eigenvalue weighted by Gasteiger charge is -2.03. The van der Waals surface area contributed by atoms with Gasteiger partial charge in [-0.2, -0.15) is 0 Å². The van der Waals surface area contributed by atoms with Crippen molar-refractivity contribution in [3.8, 4) is 0 Å². The topological polar surface area (TPSA) is 74.0 Å². The molecule has 3 N–H and O–H groups in total. The number of benzene rings is 1. The number of H-pyrrole nitrogens is 1. The van der Waals surface area contributed by atoms with Gasteiger partial charge in [-0.05, 0) is 12.1 Å². The summed E-state index contributed by atoms with van der Waals surface area (Å²) in [5.41, 5.74) is 1.54. The Kier molecular flexibility index (Phi) is 2.91. The Morgan fingerprint density at radius 3 is 2.82 bits per heavy atom. The van der Waals surface area contributed by atoms with E-state index in [9.17, 15) is 9.59 Å². The molecule has 5 heteroatoms. The Bertz CT molecular complexity index is 586. The number of carbonyl (C=O) groups is 2. The van der Waals surface area contributed by atoms with Crippen molar-refractivity contribution in [2.45, 2.75) is 0 Å². The van der Waals surface area contributed by atoms with E-state index >= 15 is 0 Å². The molecule has 86 valence electrons. The van der Waals surface area contributed by atoms with Crippen LogP contribution in [0.25, 0.3) is 10.9 Å². The Balaban J connectivity index is 2.16. The highest BCUT2D eigenvalue weighted by atomic mass is 16.2. The van der Waals surface area contributed by atoms with Crippen LogP contribution in [0, 0.1) is 0 Å². The van der Waals surface area contributed by atoms with Gasteiger partial charge in [0.1, 0.15) is 0 Å². The van der Waals surface area contributed by atoms with E-state index in [2.05, 4.69) is 22.2 Å². The average molecular weight is 229 g/mol. The molecule has 2 aromatic rings. The Labute approximate surface area is 97.5 Å². The maximum atomic E-state index is 11.4. The van der Waals surface area contributed by atoms with E-state index in [-0.39, 0.29) is 0 Å². The number of imide groups is 1. The minimum Gasteiger partial charge on any atom is -0.359 e. The molecular formula is C12H11N3O2. The molecule has 0 radical (unpaired) electrons. The monoisotopic (exact) mass is 229 g/mol. The average Bonchev–Trinajstić information content (AvgIpc) is 2.72. The number of amides is 3. The molecule has 1 heterocycles. The molecule has 0 fully saturated rings. The second kappa shape index (κ2) is 4.52. The van der Waals surface area contributed by atoms with E-state index in [1.54, 1.807) is 6.20 Å². The van der Waals surface area contributed by atoms with Crippen molar-refractivity contribution in [3.05, 3.63) is 43.1 Å². The molecule has 0 saturated carbocycles. The van der Waals surface area contributed by atoms with Gasteiger partial charge >= 0.3 is 6.03 Å². The maximum absolute atomic E-state index is 11.4. The zero-order valence-corrected chi connectivity index (χ0v) is 8.99. The third-order valence-electron chi connectivity index (χ3n) is 2.26. The molecule has 17 heavy (non-hydrogen) atoms. The van der Waals surface area contributed by atoms with Crippen molar-refractivity contribution < 1.29 is 9.59 Å². The van der Waals surface area contributed by atoms with Crippen molar-refractivity contribution in [1.29, 1.82) is 0 Å². The van der Waals surface area contributed by atoms with Crippen molar-refractivity contribution >= 4 is 28.5 Å². The van der Waals surface area contributed by atoms with Crippen LogP contribution in [0.2, 0.25) is 0 Å². The maximum Gasteiger partial charge on any atom is 0.326 e. The highest BCUT2D eigenvalue weighted by molar-refractivity contribution is 6.08. The molecule has 0 spiro atoms. The van der Waals surface area contributed by atoms with Gasteiger partial charge in [0.2, 0.25) is 0 Å². The number of rotatable bonds is 2. The molecule has 2 rings (SSSR count). The molecule has 0 unspecified atom stereocenters. The van der Waals surface area contributed by atoms with Gasteiger partial charge < -0.3 is 10.3 Å². The van der Waals surface area contributed by atoms with Gasteiger partial charge in [-0.25, -0.2) is 4.79 Å². The predicted molar refractivity (Wildman–Crippen MR) is 65.7 cm³/mol. The van der Waals surface area contributed by atoms with E-state index in [0.29, 0.717) is 5.69 Å². The quantitative estimate of drug-likeness (QED) is 0.689. The SMILES string of the molecule is C=CC(=O)NC(=O)Nc1c[nH]c2ccccc12. The number of aromatic amines is 1. The summed E-state index contributed by atoms with van der Waals surface area (Å²) in [5.74, 6) is -0.539. The standard InChI is InChI=1S/C12H11N3O2/c1-2-11(16)15-12(17)14-10-7-13-9-6-4-3-5-8(9)10/h2-7,13H,1H2,(H2,14,15,16,17). The Morgan fingerprint density at radius 2 is 2.06 bits per heavy atom. The first-order valence-corrected chi connectivity index (χ1v) is 5.01. The zero-order valence-electron chi connectivity index (χ0n) is 8.99. The largest absolute Gasteiger partial charge is 0.359 e. The Hall–Kier alpha value is -2.56. The normalized spacial score (nSPS) is 9.88. The summed E-state index contributed by atoms with van der Waals surface area (Å²) in [7, 11) is 0. The summed E-state index contributed by atoms with van der Waals surface area (Å²) in [6, 6.07) is 6.95. The highest BCUT2D eigenvalue weighted by Gasteiger charge is 2.08. The number of para-hydroxylation sites is 1. The molecule has 0 atom stereocenters. The number of hydrogen-bond donors (Lipinski definition) is 3. The van der Waals surface area contributed by atoms with Crippen molar-refractivity contribution in [3.63, 3.8) is 0 Å². The van der Waals surface area contributed by atoms with E-state index in [1.165, 1.54) is 0 Å². The zero-order chi connectivity index (χ0) is 12.3. The van der Waals surface area contributed by atoms with Gasteiger partial charge in [0.15, 0.2) is 0 Å². The molecule has 0 aliphatic carbocycles. The van der Waals surface area contributed by atoms with E-state index < -0.39 is 11.9 Å². The molecule has 1 aromatic heterocycles. The van der Waals surface area contributed by atoms with Crippen LogP contribution in [0.1, 0.15) is 0 Å². The minimum atomic E-state index is -0.584. The molecule has 0 aliphatic rings. The van der Waals surface area contributed by atoms with Gasteiger partial charge in [-0.3, -0.25) is 10.1 Å². The lowest BCUT2D eigenvalue weighted by atomic mass is 10.2. The summed E-state index contributed by atoms with van der Waals surface area (Å²) >= 11 is 0. The number of urea groups is 1. The molecular weight excluding hydrogens is 218 g/mol. The highest BCUT2D eigenvalue weighted by Crippen LogP contribution is 2.22. The van der Waals surface area contributed by atoms with Crippen LogP contribution in [0.5, 0.6) is 0 Å². The first kappa shape index (κ1) is 10.9. The number of aromatic nitrogens is 1. The summed E-state index contributed by atoms with van der Waals surface area (Å²) in [5, 5.41) is 5.57. The molecule has 3 amide bonds. The van der Waals surface area contributed by atoms with Gasteiger partial charge in [0.05, 0.1) is 5.69 Å². The fourth-order valence-electron chi connectivity index (χ4n) is 1.49. The van der Waals surface area contributed by atoms with Gasteiger partial charge in [-0.1, -0.05) is 24.8 Å². The van der Waals surface area contributed by atoms with Crippen molar-refractivity contribution in [2.75, 3.05) is 5.32 Å². The lowest BCUT2D eigenvalue weighted by Crippen LogP contribution is -2.32. The third kappa shape index (κ3) is 2.34. The molecule has 0 bridgehead atoms. The van der Waals surface area contributed by atoms with Crippen LogP contribution in [-0.2, 0) is 4.79 Å². The lowest BCUT2D eigenvalue weighted by molar-refractivity contribution is -0.115. The second-order valence-corrected chi connectivity index (χ2v) is 3.40. The number of hydrogen-bond acceptors (Lipinski definition) is 2. The summed E-state index contributed by atoms with van der Waals surface area (Å²) in [4.78, 5) is 25.3. The van der Waals surface area contributed by atoms with E-state index in [1.807, 2.05) is 24.3 Å². The third-order valence-corrected chi connectivity index (χ3v) is 2.26. The van der Waals surface area contributed by atoms with Crippen LogP contribution in [0.15, 0.2) is 43.1 Å². The second-order valence-electron chi connectivity index (χ2n) is 3.40. The van der Waals surface area contributed by atoms with Crippen molar-refractivity contribution in [2.24, 2.45) is 0 Å². The summed E-state index contributed by atoms with van der Waals surface area (Å²) in [6.45, 7) is 3.26. The fraction of sp³-hybridized carbons (Fsp3) is 0. The number of fused-ring (bicyclic) bond motifs is 1. The summed E-state index contributed by atoms with van der Waals surface area (Å²) in [6.07, 6.45) is 2.71. The van der Waals surface area contributed by atoms with Gasteiger partial charge in [-0.15, -0.1) is 0 Å². The fourth-order valence-corrected chi connectivity index (χ4v) is 1.49. The smallest absolute Gasteiger partial charge is 0.326 e. The first-order chi connectivity index (χ1) is 8.20. The van der Waals surface area contributed by atoms with Crippen molar-refractivity contribution in [1.82, 2.24) is 10.3 Å². The van der Waals surface area contributed by atoms with E-state index in [0.717, 1.165) is 17.0 Å². The van der Waals surface area contributed by atoms with Crippen LogP contribution in [-0.4, -0.2) is 16.9 Å². The molecule has 0 saturated heterocycles. The van der Waals surface area contributed by atoms with Crippen LogP contribution in [0.4, 0.5) is 10.5 Å². The first-order valence-electron chi connectivity index (χ1n) is 5.01. The predicted octanol–water partition coefficient (Wildman–Crippen LogP) is 2.00. The van der Waals surface area contributed by atoms with Crippen LogP contribution in [0.3, 0.4) is 0 Å². The number of anilines is 1. The van der Waals surface area contributed by atoms with Gasteiger partial charge in [0.25, 0.3) is 5.91 Å². The van der Waals surface area contributed by atoms with Gasteiger partial charge in [0, 0.05) is 17.1 Å². The van der Waals surface area contributed by atoms with Crippen LogP contribution < -0.4 is 10.6 Å². The summed E-state index contributed by atoms with van der Waals surface area (Å²) < 4.78 is 0.